The molecule has 1 aromatic rings. The SMILES string of the molecule is C=C(Br)CCC(=O)NCc1ccccc1. The van der Waals surface area contributed by atoms with Gasteiger partial charge in [0.1, 0.15) is 0 Å². The number of nitrogens with one attached hydrogen (secondary N) is 1. The van der Waals surface area contributed by atoms with Gasteiger partial charge in [-0.25, -0.2) is 0 Å². The Labute approximate surface area is 98.5 Å². The van der Waals surface area contributed by atoms with Crippen molar-refractivity contribution < 1.29 is 4.79 Å². The number of benzene rings is 1. The van der Waals surface area contributed by atoms with Crippen LogP contribution in [0.5, 0.6) is 0 Å². The predicted octanol–water partition coefficient (Wildman–Crippen LogP) is 2.99. The summed E-state index contributed by atoms with van der Waals surface area (Å²) in [6.07, 6.45) is 1.16. The number of carbonyl (C=O) groups excluding carboxylic acids is 1. The van der Waals surface area contributed by atoms with Crippen LogP contribution in [-0.4, -0.2) is 5.91 Å². The maximum absolute atomic E-state index is 11.3. The van der Waals surface area contributed by atoms with Crippen molar-refractivity contribution >= 4 is 21.8 Å². The van der Waals surface area contributed by atoms with Crippen LogP contribution in [0.25, 0.3) is 0 Å². The van der Waals surface area contributed by atoms with E-state index in [4.69, 9.17) is 0 Å². The summed E-state index contributed by atoms with van der Waals surface area (Å²) in [5.74, 6) is 0.0550. The van der Waals surface area contributed by atoms with Gasteiger partial charge in [0.15, 0.2) is 0 Å². The lowest BCUT2D eigenvalue weighted by Crippen LogP contribution is -2.22. The highest BCUT2D eigenvalue weighted by atomic mass is 79.9. The van der Waals surface area contributed by atoms with Crippen LogP contribution in [-0.2, 0) is 11.3 Å². The number of allylic oxidation sites excluding steroid dienone is 1. The van der Waals surface area contributed by atoms with E-state index >= 15 is 0 Å². The zero-order chi connectivity index (χ0) is 11.1. The number of carbonyl (C=O) groups is 1. The third-order valence-electron chi connectivity index (χ3n) is 1.96. The monoisotopic (exact) mass is 267 g/mol. The molecule has 1 N–H and O–H groups in total. The molecule has 0 aliphatic rings. The molecule has 0 atom stereocenters. The van der Waals surface area contributed by atoms with E-state index < -0.39 is 0 Å². The van der Waals surface area contributed by atoms with Crippen molar-refractivity contribution in [2.45, 2.75) is 19.4 Å². The van der Waals surface area contributed by atoms with Gasteiger partial charge in [-0.2, -0.15) is 0 Å². The molecule has 15 heavy (non-hydrogen) atoms. The molecule has 0 fully saturated rings. The van der Waals surface area contributed by atoms with Crippen LogP contribution >= 0.6 is 15.9 Å². The van der Waals surface area contributed by atoms with Crippen LogP contribution in [0.3, 0.4) is 0 Å². The fourth-order valence-corrected chi connectivity index (χ4v) is 1.33. The molecule has 0 bridgehead atoms. The highest BCUT2D eigenvalue weighted by Crippen LogP contribution is 2.08. The van der Waals surface area contributed by atoms with Crippen LogP contribution in [0.2, 0.25) is 0 Å². The molecular formula is C12H14BrNO. The average molecular weight is 268 g/mol. The molecule has 0 unspecified atom stereocenters. The van der Waals surface area contributed by atoms with Gasteiger partial charge in [-0.05, 0) is 16.5 Å². The molecule has 1 aromatic carbocycles. The Bertz CT molecular complexity index is 335. The summed E-state index contributed by atoms with van der Waals surface area (Å²) < 4.78 is 0.859. The van der Waals surface area contributed by atoms with Gasteiger partial charge in [0.05, 0.1) is 0 Å². The molecule has 2 nitrogen and oxygen atoms in total. The topological polar surface area (TPSA) is 29.1 Å². The van der Waals surface area contributed by atoms with Crippen molar-refractivity contribution in [2.75, 3.05) is 0 Å². The quantitative estimate of drug-likeness (QED) is 0.873. The van der Waals surface area contributed by atoms with Gasteiger partial charge in [-0.3, -0.25) is 4.79 Å². The van der Waals surface area contributed by atoms with Gasteiger partial charge in [0.2, 0.25) is 5.91 Å². The second kappa shape index (κ2) is 6.40. The Kier molecular flexibility index (Phi) is 5.12. The maximum atomic E-state index is 11.3. The Morgan fingerprint density at radius 3 is 2.53 bits per heavy atom. The lowest BCUT2D eigenvalue weighted by molar-refractivity contribution is -0.121. The first-order chi connectivity index (χ1) is 7.18. The molecule has 3 heteroatoms. The van der Waals surface area contributed by atoms with Gasteiger partial charge in [0.25, 0.3) is 0 Å². The molecule has 0 radical (unpaired) electrons. The van der Waals surface area contributed by atoms with Crippen molar-refractivity contribution in [1.82, 2.24) is 5.32 Å². The van der Waals surface area contributed by atoms with Crippen molar-refractivity contribution in [2.24, 2.45) is 0 Å². The van der Waals surface area contributed by atoms with Gasteiger partial charge in [0, 0.05) is 13.0 Å². The fourth-order valence-electron chi connectivity index (χ4n) is 1.13. The Hall–Kier alpha value is -1.09. The summed E-state index contributed by atoms with van der Waals surface area (Å²) in [4.78, 5) is 11.3. The molecule has 0 saturated carbocycles. The highest BCUT2D eigenvalue weighted by molar-refractivity contribution is 9.11. The molecule has 0 heterocycles. The standard InChI is InChI=1S/C12H14BrNO/c1-10(13)7-8-12(15)14-9-11-5-3-2-4-6-11/h2-6H,1,7-9H2,(H,14,15). The fraction of sp³-hybridized carbons (Fsp3) is 0.250. The largest absolute Gasteiger partial charge is 0.352 e. The number of amides is 1. The molecule has 0 aromatic heterocycles. The number of halogens is 1. The maximum Gasteiger partial charge on any atom is 0.220 e. The van der Waals surface area contributed by atoms with Gasteiger partial charge in [-0.1, -0.05) is 52.8 Å². The number of hydrogen-bond donors (Lipinski definition) is 1. The van der Waals surface area contributed by atoms with E-state index in [1.54, 1.807) is 0 Å². The minimum absolute atomic E-state index is 0.0550. The van der Waals surface area contributed by atoms with Crippen molar-refractivity contribution in [1.29, 1.82) is 0 Å². The smallest absolute Gasteiger partial charge is 0.220 e. The van der Waals surface area contributed by atoms with Crippen LogP contribution in [0, 0.1) is 0 Å². The highest BCUT2D eigenvalue weighted by Gasteiger charge is 2.01. The minimum Gasteiger partial charge on any atom is -0.352 e. The van der Waals surface area contributed by atoms with Gasteiger partial charge >= 0.3 is 0 Å². The first kappa shape index (κ1) is 12.0. The molecular weight excluding hydrogens is 254 g/mol. The van der Waals surface area contributed by atoms with Crippen molar-refractivity contribution in [3.63, 3.8) is 0 Å². The van der Waals surface area contributed by atoms with Crippen molar-refractivity contribution in [3.8, 4) is 0 Å². The van der Waals surface area contributed by atoms with E-state index in [1.807, 2.05) is 30.3 Å². The van der Waals surface area contributed by atoms with E-state index in [2.05, 4.69) is 27.8 Å². The third-order valence-corrected chi connectivity index (χ3v) is 2.35. The normalized spacial score (nSPS) is 9.67. The molecule has 0 spiro atoms. The van der Waals surface area contributed by atoms with E-state index in [9.17, 15) is 4.79 Å². The van der Waals surface area contributed by atoms with Crippen LogP contribution in [0.4, 0.5) is 0 Å². The summed E-state index contributed by atoms with van der Waals surface area (Å²) in [5.41, 5.74) is 1.11. The molecule has 80 valence electrons. The summed E-state index contributed by atoms with van der Waals surface area (Å²) in [7, 11) is 0. The lowest BCUT2D eigenvalue weighted by atomic mass is 10.2. The van der Waals surface area contributed by atoms with Crippen molar-refractivity contribution in [3.05, 3.63) is 47.0 Å². The summed E-state index contributed by atoms with van der Waals surface area (Å²) in [6.45, 7) is 4.27. The van der Waals surface area contributed by atoms with Crippen LogP contribution in [0.1, 0.15) is 18.4 Å². The second-order valence-corrected chi connectivity index (χ2v) is 4.40. The van der Waals surface area contributed by atoms with E-state index in [-0.39, 0.29) is 5.91 Å². The summed E-state index contributed by atoms with van der Waals surface area (Å²) >= 11 is 3.22. The van der Waals surface area contributed by atoms with Gasteiger partial charge < -0.3 is 5.32 Å². The van der Waals surface area contributed by atoms with E-state index in [0.29, 0.717) is 19.4 Å². The first-order valence-corrected chi connectivity index (χ1v) is 5.61. The number of rotatable bonds is 5. The summed E-state index contributed by atoms with van der Waals surface area (Å²) in [5, 5.41) is 2.85. The van der Waals surface area contributed by atoms with Gasteiger partial charge in [-0.15, -0.1) is 0 Å². The molecule has 1 rings (SSSR count). The molecule has 0 saturated heterocycles. The Morgan fingerprint density at radius 1 is 1.27 bits per heavy atom. The minimum atomic E-state index is 0.0550. The molecule has 1 amide bonds. The van der Waals surface area contributed by atoms with Crippen LogP contribution in [0.15, 0.2) is 41.4 Å². The second-order valence-electron chi connectivity index (χ2n) is 3.28. The number of hydrogen-bond acceptors (Lipinski definition) is 1. The molecule has 0 aliphatic carbocycles. The average Bonchev–Trinajstić information content (AvgIpc) is 2.25. The zero-order valence-electron chi connectivity index (χ0n) is 8.50. The lowest BCUT2D eigenvalue weighted by Gasteiger charge is -2.04. The molecule has 0 aliphatic heterocycles. The van der Waals surface area contributed by atoms with Crippen LogP contribution < -0.4 is 5.32 Å². The van der Waals surface area contributed by atoms with E-state index in [1.165, 1.54) is 0 Å². The first-order valence-electron chi connectivity index (χ1n) is 4.82. The zero-order valence-corrected chi connectivity index (χ0v) is 10.1. The predicted molar refractivity (Wildman–Crippen MR) is 65.6 cm³/mol. The Morgan fingerprint density at radius 2 is 1.93 bits per heavy atom. The third kappa shape index (κ3) is 5.37. The summed E-state index contributed by atoms with van der Waals surface area (Å²) in [6, 6.07) is 9.86. The Balaban J connectivity index is 2.26. The van der Waals surface area contributed by atoms with E-state index in [0.717, 1.165) is 10.0 Å².